The minimum atomic E-state index is -0.284. The van der Waals surface area contributed by atoms with Crippen molar-refractivity contribution in [3.63, 3.8) is 0 Å². The van der Waals surface area contributed by atoms with Crippen molar-refractivity contribution in [1.82, 2.24) is 4.98 Å². The number of aromatic nitrogens is 1. The summed E-state index contributed by atoms with van der Waals surface area (Å²) in [6, 6.07) is 5.78. The predicted octanol–water partition coefficient (Wildman–Crippen LogP) is 2.39. The average molecular weight is 193 g/mol. The van der Waals surface area contributed by atoms with E-state index in [1.165, 1.54) is 18.4 Å². The van der Waals surface area contributed by atoms with Crippen molar-refractivity contribution in [2.75, 3.05) is 0 Å². The summed E-state index contributed by atoms with van der Waals surface area (Å²) < 4.78 is 22.8. The summed E-state index contributed by atoms with van der Waals surface area (Å²) in [5.41, 5.74) is 0. The second-order valence-corrected chi connectivity index (χ2v) is 2.67. The molecule has 0 radical (unpaired) electrons. The molecule has 14 heavy (non-hydrogen) atoms. The van der Waals surface area contributed by atoms with Crippen LogP contribution >= 0.6 is 0 Å². The first-order chi connectivity index (χ1) is 6.84. The monoisotopic (exact) mass is 193 g/mol. The van der Waals surface area contributed by atoms with E-state index in [-0.39, 0.29) is 12.4 Å². The third-order valence-corrected chi connectivity index (χ3v) is 1.66. The molecule has 0 saturated heterocycles. The van der Waals surface area contributed by atoms with E-state index < -0.39 is 0 Å². The van der Waals surface area contributed by atoms with Gasteiger partial charge in [0.1, 0.15) is 17.8 Å². The number of halogens is 1. The molecule has 0 aliphatic rings. The fourth-order valence-electron chi connectivity index (χ4n) is 1.00. The van der Waals surface area contributed by atoms with E-state index in [1.807, 2.05) is 0 Å². The fraction of sp³-hybridized carbons (Fsp3) is 0.100. The maximum Gasteiger partial charge on any atom is 0.232 e. The second-order valence-electron chi connectivity index (χ2n) is 2.67. The van der Waals surface area contributed by atoms with Crippen LogP contribution < -0.4 is 4.74 Å². The molecule has 0 N–H and O–H groups in total. The van der Waals surface area contributed by atoms with E-state index in [0.717, 1.165) is 0 Å². The van der Waals surface area contributed by atoms with E-state index in [1.54, 1.807) is 18.3 Å². The Balaban J connectivity index is 1.95. The first kappa shape index (κ1) is 8.74. The number of ether oxygens (including phenoxy) is 1. The molecule has 4 heteroatoms. The SMILES string of the molecule is Fc1ccc(OCc2ncco2)cc1. The minimum absolute atomic E-state index is 0.249. The van der Waals surface area contributed by atoms with Crippen molar-refractivity contribution >= 4 is 0 Å². The molecule has 2 rings (SSSR count). The van der Waals surface area contributed by atoms with Crippen LogP contribution in [0.25, 0.3) is 0 Å². The molecule has 0 aliphatic carbocycles. The van der Waals surface area contributed by atoms with Crippen LogP contribution in [0.1, 0.15) is 5.89 Å². The van der Waals surface area contributed by atoms with Gasteiger partial charge in [-0.25, -0.2) is 9.37 Å². The maximum absolute atomic E-state index is 12.5. The largest absolute Gasteiger partial charge is 0.484 e. The first-order valence-electron chi connectivity index (χ1n) is 4.11. The molecule has 72 valence electrons. The first-order valence-corrected chi connectivity index (χ1v) is 4.11. The molecule has 0 unspecified atom stereocenters. The van der Waals surface area contributed by atoms with Gasteiger partial charge in [-0.3, -0.25) is 0 Å². The van der Waals surface area contributed by atoms with Crippen LogP contribution in [0, 0.1) is 5.82 Å². The van der Waals surface area contributed by atoms with Crippen LogP contribution in [-0.4, -0.2) is 4.98 Å². The Kier molecular flexibility index (Phi) is 2.44. The van der Waals surface area contributed by atoms with Crippen LogP contribution in [0.3, 0.4) is 0 Å². The highest BCUT2D eigenvalue weighted by Gasteiger charge is 1.99. The zero-order chi connectivity index (χ0) is 9.80. The molecule has 1 aromatic heterocycles. The van der Waals surface area contributed by atoms with E-state index in [2.05, 4.69) is 4.98 Å². The maximum atomic E-state index is 12.5. The van der Waals surface area contributed by atoms with E-state index in [0.29, 0.717) is 11.6 Å². The predicted molar refractivity (Wildman–Crippen MR) is 47.2 cm³/mol. The Morgan fingerprint density at radius 1 is 1.29 bits per heavy atom. The lowest BCUT2D eigenvalue weighted by Gasteiger charge is -2.02. The number of rotatable bonds is 3. The molecule has 0 aliphatic heterocycles. The van der Waals surface area contributed by atoms with Gasteiger partial charge in [0.2, 0.25) is 5.89 Å². The average Bonchev–Trinajstić information content (AvgIpc) is 2.70. The van der Waals surface area contributed by atoms with Crippen LogP contribution in [0.5, 0.6) is 5.75 Å². The van der Waals surface area contributed by atoms with E-state index in [9.17, 15) is 4.39 Å². The summed E-state index contributed by atoms with van der Waals surface area (Å²) >= 11 is 0. The van der Waals surface area contributed by atoms with Gasteiger partial charge in [-0.05, 0) is 24.3 Å². The quantitative estimate of drug-likeness (QED) is 0.750. The van der Waals surface area contributed by atoms with Gasteiger partial charge in [0.05, 0.1) is 6.20 Å². The van der Waals surface area contributed by atoms with Crippen molar-refractivity contribution in [2.45, 2.75) is 6.61 Å². The van der Waals surface area contributed by atoms with Gasteiger partial charge < -0.3 is 9.15 Å². The van der Waals surface area contributed by atoms with E-state index in [4.69, 9.17) is 9.15 Å². The highest BCUT2D eigenvalue weighted by molar-refractivity contribution is 5.22. The molecular formula is C10H8FNO2. The third-order valence-electron chi connectivity index (χ3n) is 1.66. The zero-order valence-electron chi connectivity index (χ0n) is 7.31. The standard InChI is InChI=1S/C10H8FNO2/c11-8-1-3-9(4-2-8)14-7-10-12-5-6-13-10/h1-6H,7H2. The Morgan fingerprint density at radius 3 is 2.71 bits per heavy atom. The Bertz CT molecular complexity index is 383. The lowest BCUT2D eigenvalue weighted by Crippen LogP contribution is -1.95. The van der Waals surface area contributed by atoms with Gasteiger partial charge >= 0.3 is 0 Å². The van der Waals surface area contributed by atoms with Crippen LogP contribution in [0.2, 0.25) is 0 Å². The summed E-state index contributed by atoms with van der Waals surface area (Å²) in [7, 11) is 0. The van der Waals surface area contributed by atoms with Crippen molar-refractivity contribution in [2.24, 2.45) is 0 Å². The normalized spacial score (nSPS) is 10.1. The number of nitrogens with zero attached hydrogens (tertiary/aromatic N) is 1. The molecular weight excluding hydrogens is 185 g/mol. The molecule has 3 nitrogen and oxygen atoms in total. The van der Waals surface area contributed by atoms with Crippen LogP contribution in [0.4, 0.5) is 4.39 Å². The summed E-state index contributed by atoms with van der Waals surface area (Å²) in [5, 5.41) is 0. The Labute approximate surface area is 80.1 Å². The van der Waals surface area contributed by atoms with Gasteiger partial charge in [-0.2, -0.15) is 0 Å². The lowest BCUT2D eigenvalue weighted by molar-refractivity contribution is 0.262. The summed E-state index contributed by atoms with van der Waals surface area (Å²) in [5.74, 6) is 0.799. The van der Waals surface area contributed by atoms with E-state index >= 15 is 0 Å². The molecule has 0 spiro atoms. The summed E-state index contributed by atoms with van der Waals surface area (Å²) in [6.07, 6.45) is 3.02. The summed E-state index contributed by atoms with van der Waals surface area (Å²) in [4.78, 5) is 3.88. The molecule has 1 heterocycles. The highest BCUT2D eigenvalue weighted by atomic mass is 19.1. The zero-order valence-corrected chi connectivity index (χ0v) is 7.31. The van der Waals surface area contributed by atoms with Gasteiger partial charge in [0, 0.05) is 0 Å². The van der Waals surface area contributed by atoms with Gasteiger partial charge in [-0.15, -0.1) is 0 Å². The third kappa shape index (κ3) is 2.10. The minimum Gasteiger partial charge on any atom is -0.484 e. The fourth-order valence-corrected chi connectivity index (χ4v) is 1.00. The molecule has 0 fully saturated rings. The van der Waals surface area contributed by atoms with Crippen molar-refractivity contribution in [3.8, 4) is 5.75 Å². The Morgan fingerprint density at radius 2 is 2.07 bits per heavy atom. The number of hydrogen-bond donors (Lipinski definition) is 0. The van der Waals surface area contributed by atoms with Crippen molar-refractivity contribution in [1.29, 1.82) is 0 Å². The molecule has 0 atom stereocenters. The molecule has 0 amide bonds. The van der Waals surface area contributed by atoms with Crippen LogP contribution in [0.15, 0.2) is 41.1 Å². The lowest BCUT2D eigenvalue weighted by atomic mass is 10.3. The number of oxazole rings is 1. The topological polar surface area (TPSA) is 35.3 Å². The molecule has 1 aromatic carbocycles. The van der Waals surface area contributed by atoms with Crippen molar-refractivity contribution < 1.29 is 13.5 Å². The highest BCUT2D eigenvalue weighted by Crippen LogP contribution is 2.12. The van der Waals surface area contributed by atoms with Gasteiger partial charge in [0.25, 0.3) is 0 Å². The molecule has 0 saturated carbocycles. The molecule has 2 aromatic rings. The Hall–Kier alpha value is -1.84. The molecule has 0 bridgehead atoms. The smallest absolute Gasteiger partial charge is 0.232 e. The van der Waals surface area contributed by atoms with Crippen molar-refractivity contribution in [3.05, 3.63) is 48.4 Å². The van der Waals surface area contributed by atoms with Gasteiger partial charge in [-0.1, -0.05) is 0 Å². The summed E-state index contributed by atoms with van der Waals surface area (Å²) in [6.45, 7) is 0.249. The number of benzene rings is 1. The second kappa shape index (κ2) is 3.91. The number of hydrogen-bond acceptors (Lipinski definition) is 3. The van der Waals surface area contributed by atoms with Crippen LogP contribution in [-0.2, 0) is 6.61 Å². The van der Waals surface area contributed by atoms with Gasteiger partial charge in [0.15, 0.2) is 6.61 Å².